The molecule has 34 heavy (non-hydrogen) atoms. The van der Waals surface area contributed by atoms with Crippen molar-refractivity contribution < 1.29 is 9.90 Å². The third-order valence-electron chi connectivity index (χ3n) is 5.57. The van der Waals surface area contributed by atoms with Gasteiger partial charge in [0, 0.05) is 46.0 Å². The van der Waals surface area contributed by atoms with E-state index in [4.69, 9.17) is 11.6 Å². The van der Waals surface area contributed by atoms with E-state index in [1.54, 1.807) is 33.6 Å². The highest BCUT2D eigenvalue weighted by Crippen LogP contribution is 2.32. The fourth-order valence-corrected chi connectivity index (χ4v) is 4.95. The van der Waals surface area contributed by atoms with Gasteiger partial charge in [0.1, 0.15) is 0 Å². The Morgan fingerprint density at radius 2 is 1.97 bits per heavy atom. The van der Waals surface area contributed by atoms with Crippen molar-refractivity contribution in [2.24, 2.45) is 7.05 Å². The van der Waals surface area contributed by atoms with Crippen LogP contribution in [-0.4, -0.2) is 42.0 Å². The number of aliphatic hydroxyl groups excluding tert-OH is 1. The van der Waals surface area contributed by atoms with Crippen molar-refractivity contribution in [2.75, 3.05) is 6.61 Å². The summed E-state index contributed by atoms with van der Waals surface area (Å²) in [5.41, 5.74) is 5.09. The first kappa shape index (κ1) is 22.3. The lowest BCUT2D eigenvalue weighted by Crippen LogP contribution is -2.30. The van der Waals surface area contributed by atoms with Gasteiger partial charge in [0.05, 0.1) is 36.3 Å². The van der Waals surface area contributed by atoms with Gasteiger partial charge in [-0.3, -0.25) is 9.48 Å². The van der Waals surface area contributed by atoms with Gasteiger partial charge in [0.25, 0.3) is 5.91 Å². The Morgan fingerprint density at radius 1 is 1.15 bits per heavy atom. The second-order valence-electron chi connectivity index (χ2n) is 7.86. The van der Waals surface area contributed by atoms with Crippen LogP contribution in [0.2, 0.25) is 5.02 Å². The topological polar surface area (TPSA) is 97.3 Å². The van der Waals surface area contributed by atoms with Crippen molar-refractivity contribution in [1.82, 2.24) is 29.7 Å². The molecule has 0 saturated carbocycles. The maximum Gasteiger partial charge on any atom is 0.280 e. The van der Waals surface area contributed by atoms with Crippen LogP contribution in [0.15, 0.2) is 61.2 Å². The number of amides is 1. The van der Waals surface area contributed by atoms with Crippen LogP contribution in [0.5, 0.6) is 0 Å². The van der Waals surface area contributed by atoms with Gasteiger partial charge in [-0.2, -0.15) is 10.2 Å². The molecule has 2 N–H and O–H groups in total. The van der Waals surface area contributed by atoms with Crippen molar-refractivity contribution in [2.45, 2.75) is 13.0 Å². The number of aromatic nitrogens is 5. The van der Waals surface area contributed by atoms with Crippen molar-refractivity contribution in [3.05, 3.63) is 81.7 Å². The third kappa shape index (κ3) is 4.09. The number of thiazole rings is 1. The lowest BCUT2D eigenvalue weighted by Gasteiger charge is -2.17. The van der Waals surface area contributed by atoms with Crippen molar-refractivity contribution in [1.29, 1.82) is 0 Å². The van der Waals surface area contributed by atoms with E-state index in [0.717, 1.165) is 27.1 Å². The fourth-order valence-electron chi connectivity index (χ4n) is 3.85. The first-order chi connectivity index (χ1) is 16.4. The molecule has 172 valence electrons. The minimum atomic E-state index is -0.628. The van der Waals surface area contributed by atoms with Crippen LogP contribution in [0, 0.1) is 6.92 Å². The van der Waals surface area contributed by atoms with Crippen LogP contribution in [0.1, 0.15) is 26.3 Å². The molecule has 4 aromatic heterocycles. The number of carbonyl (C=O) groups is 1. The van der Waals surface area contributed by atoms with E-state index in [-0.39, 0.29) is 12.5 Å². The van der Waals surface area contributed by atoms with E-state index in [1.165, 1.54) is 11.3 Å². The highest BCUT2D eigenvalue weighted by molar-refractivity contribution is 7.14. The Hall–Kier alpha value is -3.53. The molecule has 5 aromatic rings. The number of hydrogen-bond acceptors (Lipinski definition) is 6. The maximum absolute atomic E-state index is 13.0. The molecule has 0 saturated heterocycles. The average molecular weight is 493 g/mol. The molecule has 4 heterocycles. The first-order valence-electron chi connectivity index (χ1n) is 10.5. The zero-order valence-electron chi connectivity index (χ0n) is 18.4. The van der Waals surface area contributed by atoms with Gasteiger partial charge in [-0.1, -0.05) is 35.9 Å². The number of aryl methyl sites for hydroxylation is 2. The minimum Gasteiger partial charge on any atom is -0.394 e. The fraction of sp³-hybridized carbons (Fsp3) is 0.167. The summed E-state index contributed by atoms with van der Waals surface area (Å²) in [7, 11) is 1.88. The molecule has 0 unspecified atom stereocenters. The summed E-state index contributed by atoms with van der Waals surface area (Å²) in [6.07, 6.45) is 7.46. The number of fused-ring (bicyclic) bond motifs is 1. The first-order valence-corrected chi connectivity index (χ1v) is 11.7. The van der Waals surface area contributed by atoms with E-state index < -0.39 is 6.04 Å². The Bertz CT molecular complexity index is 1500. The van der Waals surface area contributed by atoms with Gasteiger partial charge in [0.2, 0.25) is 0 Å². The van der Waals surface area contributed by atoms with Gasteiger partial charge >= 0.3 is 0 Å². The van der Waals surface area contributed by atoms with Gasteiger partial charge in [-0.25, -0.2) is 9.50 Å². The summed E-state index contributed by atoms with van der Waals surface area (Å²) >= 11 is 7.54. The number of nitrogens with zero attached hydrogens (tertiary/aromatic N) is 5. The molecule has 0 aliphatic rings. The molecule has 0 aliphatic heterocycles. The van der Waals surface area contributed by atoms with E-state index in [1.807, 2.05) is 50.8 Å². The SMILES string of the molecule is Cc1sc(C(=O)N[C@H](CO)c2ccccc2Cl)nc1-c1cnn2cc(-c3cnn(C)c3)ccc12. The third-order valence-corrected chi connectivity index (χ3v) is 6.88. The number of halogens is 1. The average Bonchev–Trinajstić information content (AvgIpc) is 3.55. The monoisotopic (exact) mass is 492 g/mol. The molecule has 5 rings (SSSR count). The molecule has 1 aromatic carbocycles. The summed E-state index contributed by atoms with van der Waals surface area (Å²) < 4.78 is 3.56. The van der Waals surface area contributed by atoms with Crippen LogP contribution in [0.25, 0.3) is 27.9 Å². The van der Waals surface area contributed by atoms with Crippen LogP contribution < -0.4 is 5.32 Å². The van der Waals surface area contributed by atoms with Gasteiger partial charge in [0.15, 0.2) is 5.01 Å². The van der Waals surface area contributed by atoms with Crippen LogP contribution >= 0.6 is 22.9 Å². The van der Waals surface area contributed by atoms with E-state index in [9.17, 15) is 9.90 Å². The lowest BCUT2D eigenvalue weighted by molar-refractivity contribution is 0.0916. The highest BCUT2D eigenvalue weighted by Gasteiger charge is 2.22. The highest BCUT2D eigenvalue weighted by atomic mass is 35.5. The molecule has 1 amide bonds. The number of benzene rings is 1. The van der Waals surface area contributed by atoms with Crippen LogP contribution in [0.3, 0.4) is 0 Å². The number of aliphatic hydroxyl groups is 1. The molecule has 1 atom stereocenters. The number of hydrogen-bond donors (Lipinski definition) is 2. The molecular formula is C24H21ClN6O2S. The number of rotatable bonds is 6. The minimum absolute atomic E-state index is 0.278. The Balaban J connectivity index is 1.43. The van der Waals surface area contributed by atoms with E-state index in [0.29, 0.717) is 21.3 Å². The number of pyridine rings is 1. The smallest absolute Gasteiger partial charge is 0.280 e. The summed E-state index contributed by atoms with van der Waals surface area (Å²) in [6.45, 7) is 1.65. The van der Waals surface area contributed by atoms with Gasteiger partial charge < -0.3 is 10.4 Å². The molecule has 10 heteroatoms. The van der Waals surface area contributed by atoms with Crippen molar-refractivity contribution in [3.63, 3.8) is 0 Å². The second kappa shape index (κ2) is 9.02. The second-order valence-corrected chi connectivity index (χ2v) is 9.47. The molecule has 0 spiro atoms. The molecule has 0 fully saturated rings. The lowest BCUT2D eigenvalue weighted by atomic mass is 10.1. The Kier molecular flexibility index (Phi) is 5.91. The molecule has 0 radical (unpaired) electrons. The number of carbonyl (C=O) groups excluding carboxylic acids is 1. The van der Waals surface area contributed by atoms with Crippen molar-refractivity contribution >= 4 is 34.4 Å². The van der Waals surface area contributed by atoms with Crippen LogP contribution in [0.4, 0.5) is 0 Å². The van der Waals surface area contributed by atoms with Crippen LogP contribution in [-0.2, 0) is 7.05 Å². The molecular weight excluding hydrogens is 472 g/mol. The van der Waals surface area contributed by atoms with E-state index in [2.05, 4.69) is 20.5 Å². The summed E-state index contributed by atoms with van der Waals surface area (Å²) in [5.74, 6) is -0.367. The maximum atomic E-state index is 13.0. The standard InChI is InChI=1S/C24H21ClN6O2S/c1-14-22(18-10-27-31-12-15(7-8-21(18)31)16-9-26-30(2)11-16)29-24(34-14)23(33)28-20(13-32)17-5-3-4-6-19(17)25/h3-12,20,32H,13H2,1-2H3,(H,28,33)/t20-/m1/s1. The van der Waals surface area contributed by atoms with Gasteiger partial charge in [-0.05, 0) is 24.6 Å². The normalized spacial score (nSPS) is 12.2. The summed E-state index contributed by atoms with van der Waals surface area (Å²) in [6, 6.07) is 10.5. The predicted molar refractivity (Wildman–Crippen MR) is 132 cm³/mol. The van der Waals surface area contributed by atoms with Crippen molar-refractivity contribution in [3.8, 4) is 22.4 Å². The molecule has 0 bridgehead atoms. The molecule has 8 nitrogen and oxygen atoms in total. The Morgan fingerprint density at radius 3 is 2.71 bits per heavy atom. The quantitative estimate of drug-likeness (QED) is 0.368. The zero-order valence-corrected chi connectivity index (χ0v) is 20.0. The van der Waals surface area contributed by atoms with Gasteiger partial charge in [-0.15, -0.1) is 11.3 Å². The summed E-state index contributed by atoms with van der Waals surface area (Å²) in [4.78, 5) is 18.5. The molecule has 0 aliphatic carbocycles. The zero-order chi connectivity index (χ0) is 23.8. The Labute approximate surface area is 204 Å². The summed E-state index contributed by atoms with van der Waals surface area (Å²) in [5, 5.41) is 22.2. The van der Waals surface area contributed by atoms with E-state index >= 15 is 0 Å². The number of nitrogens with one attached hydrogen (secondary N) is 1. The predicted octanol–water partition coefficient (Wildman–Crippen LogP) is 4.28. The largest absolute Gasteiger partial charge is 0.394 e.